The zero-order valence-corrected chi connectivity index (χ0v) is 12.1. The number of halogens is 2. The van der Waals surface area contributed by atoms with Crippen molar-refractivity contribution in [2.75, 3.05) is 0 Å². The fourth-order valence-electron chi connectivity index (χ4n) is 1.91. The van der Waals surface area contributed by atoms with Gasteiger partial charge in [-0.25, -0.2) is 4.39 Å². The molecule has 0 spiro atoms. The van der Waals surface area contributed by atoms with Crippen LogP contribution >= 0.6 is 15.9 Å². The highest BCUT2D eigenvalue weighted by molar-refractivity contribution is 9.10. The molecule has 0 heterocycles. The van der Waals surface area contributed by atoms with Gasteiger partial charge in [-0.2, -0.15) is 0 Å². The van der Waals surface area contributed by atoms with Gasteiger partial charge in [0.15, 0.2) is 0 Å². The van der Waals surface area contributed by atoms with Crippen LogP contribution in [-0.4, -0.2) is 5.11 Å². The standard InChI is InChI=1S/C15H15BrFNO/c1-10(13-4-2-3-5-15(13)19)18-9-11-8-12(16)6-7-14(11)17/h2-8,10,18-19H,9H2,1H3. The number of phenolic OH excluding ortho intramolecular Hbond substituents is 1. The third kappa shape index (κ3) is 3.55. The maximum absolute atomic E-state index is 13.6. The zero-order valence-electron chi connectivity index (χ0n) is 10.5. The summed E-state index contributed by atoms with van der Waals surface area (Å²) in [5.41, 5.74) is 1.40. The highest BCUT2D eigenvalue weighted by Crippen LogP contribution is 2.24. The van der Waals surface area contributed by atoms with Crippen LogP contribution in [0.15, 0.2) is 46.9 Å². The summed E-state index contributed by atoms with van der Waals surface area (Å²) in [4.78, 5) is 0. The van der Waals surface area contributed by atoms with Crippen molar-refractivity contribution >= 4 is 15.9 Å². The van der Waals surface area contributed by atoms with E-state index in [0.717, 1.165) is 10.0 Å². The fraction of sp³-hybridized carbons (Fsp3) is 0.200. The zero-order chi connectivity index (χ0) is 13.8. The second-order valence-corrected chi connectivity index (χ2v) is 5.31. The van der Waals surface area contributed by atoms with Crippen molar-refractivity contribution in [2.45, 2.75) is 19.5 Å². The molecule has 0 aliphatic carbocycles. The Bertz CT molecular complexity index is 574. The number of nitrogens with one attached hydrogen (secondary N) is 1. The maximum Gasteiger partial charge on any atom is 0.127 e. The molecular formula is C15H15BrFNO. The van der Waals surface area contributed by atoms with Crippen molar-refractivity contribution in [3.05, 3.63) is 63.9 Å². The minimum Gasteiger partial charge on any atom is -0.508 e. The molecule has 100 valence electrons. The third-order valence-corrected chi connectivity index (χ3v) is 3.50. The predicted molar refractivity (Wildman–Crippen MR) is 77.5 cm³/mol. The first kappa shape index (κ1) is 14.0. The van der Waals surface area contributed by atoms with Crippen LogP contribution in [-0.2, 0) is 6.54 Å². The number of phenols is 1. The minimum absolute atomic E-state index is 0.0559. The maximum atomic E-state index is 13.6. The smallest absolute Gasteiger partial charge is 0.127 e. The summed E-state index contributed by atoms with van der Waals surface area (Å²) < 4.78 is 14.4. The Kier molecular flexibility index (Phi) is 4.56. The second-order valence-electron chi connectivity index (χ2n) is 4.40. The summed E-state index contributed by atoms with van der Waals surface area (Å²) in [6, 6.07) is 11.9. The summed E-state index contributed by atoms with van der Waals surface area (Å²) in [7, 11) is 0. The van der Waals surface area contributed by atoms with Crippen LogP contribution in [0.1, 0.15) is 24.1 Å². The van der Waals surface area contributed by atoms with Crippen molar-refractivity contribution < 1.29 is 9.50 Å². The van der Waals surface area contributed by atoms with E-state index in [0.29, 0.717) is 12.1 Å². The van der Waals surface area contributed by atoms with Gasteiger partial charge in [0.05, 0.1) is 0 Å². The van der Waals surface area contributed by atoms with E-state index in [1.54, 1.807) is 24.3 Å². The number of benzene rings is 2. The van der Waals surface area contributed by atoms with Crippen LogP contribution in [0.2, 0.25) is 0 Å². The Hall–Kier alpha value is -1.39. The number of aromatic hydroxyl groups is 1. The highest BCUT2D eigenvalue weighted by atomic mass is 79.9. The summed E-state index contributed by atoms with van der Waals surface area (Å²) in [6.07, 6.45) is 0. The summed E-state index contributed by atoms with van der Waals surface area (Å²) in [5, 5.41) is 13.0. The summed E-state index contributed by atoms with van der Waals surface area (Å²) in [6.45, 7) is 2.34. The molecule has 0 saturated carbocycles. The van der Waals surface area contributed by atoms with Gasteiger partial charge in [-0.1, -0.05) is 34.1 Å². The molecule has 2 aromatic rings. The molecule has 19 heavy (non-hydrogen) atoms. The van der Waals surface area contributed by atoms with E-state index >= 15 is 0 Å². The van der Waals surface area contributed by atoms with Gasteiger partial charge in [-0.05, 0) is 31.2 Å². The van der Waals surface area contributed by atoms with E-state index in [2.05, 4.69) is 21.2 Å². The Morgan fingerprint density at radius 2 is 2.00 bits per heavy atom. The molecule has 0 aromatic heterocycles. The lowest BCUT2D eigenvalue weighted by Crippen LogP contribution is -2.18. The van der Waals surface area contributed by atoms with Crippen LogP contribution in [0.3, 0.4) is 0 Å². The largest absolute Gasteiger partial charge is 0.508 e. The van der Waals surface area contributed by atoms with Gasteiger partial charge >= 0.3 is 0 Å². The average Bonchev–Trinajstić information content (AvgIpc) is 2.40. The molecule has 0 saturated heterocycles. The fourth-order valence-corrected chi connectivity index (χ4v) is 2.31. The number of hydrogen-bond donors (Lipinski definition) is 2. The highest BCUT2D eigenvalue weighted by Gasteiger charge is 2.10. The predicted octanol–water partition coefficient (Wildman–Crippen LogP) is 4.14. The van der Waals surface area contributed by atoms with Gasteiger partial charge in [0, 0.05) is 28.2 Å². The van der Waals surface area contributed by atoms with Crippen LogP contribution in [0, 0.1) is 5.82 Å². The van der Waals surface area contributed by atoms with Crippen LogP contribution in [0.5, 0.6) is 5.75 Å². The van der Waals surface area contributed by atoms with E-state index in [1.807, 2.05) is 19.1 Å². The van der Waals surface area contributed by atoms with Gasteiger partial charge in [0.1, 0.15) is 11.6 Å². The van der Waals surface area contributed by atoms with Gasteiger partial charge in [0.2, 0.25) is 0 Å². The SMILES string of the molecule is CC(NCc1cc(Br)ccc1F)c1ccccc1O. The monoisotopic (exact) mass is 323 g/mol. The van der Waals surface area contributed by atoms with Gasteiger partial charge in [-0.15, -0.1) is 0 Å². The first-order valence-electron chi connectivity index (χ1n) is 6.03. The Morgan fingerprint density at radius 1 is 1.26 bits per heavy atom. The quantitative estimate of drug-likeness (QED) is 0.886. The van der Waals surface area contributed by atoms with Crippen molar-refractivity contribution in [3.63, 3.8) is 0 Å². The third-order valence-electron chi connectivity index (χ3n) is 3.01. The van der Waals surface area contributed by atoms with Crippen molar-refractivity contribution in [3.8, 4) is 5.75 Å². The number of para-hydroxylation sites is 1. The molecule has 0 aliphatic rings. The number of rotatable bonds is 4. The molecule has 0 fully saturated rings. The van der Waals surface area contributed by atoms with E-state index < -0.39 is 0 Å². The molecule has 2 N–H and O–H groups in total. The number of hydrogen-bond acceptors (Lipinski definition) is 2. The van der Waals surface area contributed by atoms with Crippen LogP contribution in [0.4, 0.5) is 4.39 Å². The van der Waals surface area contributed by atoms with Crippen molar-refractivity contribution in [1.82, 2.24) is 5.32 Å². The minimum atomic E-state index is -0.236. The van der Waals surface area contributed by atoms with E-state index in [9.17, 15) is 9.50 Å². The molecular weight excluding hydrogens is 309 g/mol. The molecule has 2 nitrogen and oxygen atoms in total. The van der Waals surface area contributed by atoms with Crippen molar-refractivity contribution in [1.29, 1.82) is 0 Å². The molecule has 2 aromatic carbocycles. The van der Waals surface area contributed by atoms with Crippen LogP contribution in [0.25, 0.3) is 0 Å². The molecule has 0 aliphatic heterocycles. The van der Waals surface area contributed by atoms with Crippen LogP contribution < -0.4 is 5.32 Å². The molecule has 0 amide bonds. The normalized spacial score (nSPS) is 12.4. The molecule has 0 bridgehead atoms. The average molecular weight is 324 g/mol. The first-order valence-corrected chi connectivity index (χ1v) is 6.82. The molecule has 2 rings (SSSR count). The summed E-state index contributed by atoms with van der Waals surface area (Å²) >= 11 is 3.33. The van der Waals surface area contributed by atoms with Gasteiger partial charge in [0.25, 0.3) is 0 Å². The van der Waals surface area contributed by atoms with Crippen molar-refractivity contribution in [2.24, 2.45) is 0 Å². The molecule has 1 unspecified atom stereocenters. The molecule has 0 radical (unpaired) electrons. The van der Waals surface area contributed by atoms with Gasteiger partial charge < -0.3 is 10.4 Å². The topological polar surface area (TPSA) is 32.3 Å². The van der Waals surface area contributed by atoms with E-state index in [1.165, 1.54) is 6.07 Å². The van der Waals surface area contributed by atoms with E-state index in [4.69, 9.17) is 0 Å². The molecule has 4 heteroatoms. The lowest BCUT2D eigenvalue weighted by atomic mass is 10.1. The first-order chi connectivity index (χ1) is 9.08. The lowest BCUT2D eigenvalue weighted by Gasteiger charge is -2.16. The second kappa shape index (κ2) is 6.17. The Balaban J connectivity index is 2.06. The lowest BCUT2D eigenvalue weighted by molar-refractivity contribution is 0.451. The van der Waals surface area contributed by atoms with E-state index in [-0.39, 0.29) is 17.6 Å². The Labute approximate surface area is 120 Å². The van der Waals surface area contributed by atoms with Gasteiger partial charge in [-0.3, -0.25) is 0 Å². The Morgan fingerprint density at radius 3 is 2.74 bits per heavy atom. The molecule has 1 atom stereocenters. The summed E-state index contributed by atoms with van der Waals surface area (Å²) in [5.74, 6) is 0.0115.